The lowest BCUT2D eigenvalue weighted by Gasteiger charge is -2.21. The van der Waals surface area contributed by atoms with E-state index in [4.69, 9.17) is 4.74 Å². The number of rotatable bonds is 16. The topological polar surface area (TPSA) is 29.5 Å². The predicted octanol–water partition coefficient (Wildman–Crippen LogP) is 5.18. The molecule has 22 heavy (non-hydrogen) atoms. The van der Waals surface area contributed by atoms with Crippen LogP contribution >= 0.6 is 0 Å². The van der Waals surface area contributed by atoms with Crippen molar-refractivity contribution in [3.63, 3.8) is 0 Å². The van der Waals surface area contributed by atoms with Crippen LogP contribution in [0.1, 0.15) is 91.4 Å². The van der Waals surface area contributed by atoms with Crippen LogP contribution in [0.25, 0.3) is 0 Å². The van der Waals surface area contributed by atoms with Gasteiger partial charge in [0.1, 0.15) is 0 Å². The fraction of sp³-hybridized carbons (Fsp3) is 0.947. The Morgan fingerprint density at radius 1 is 0.727 bits per heavy atom. The van der Waals surface area contributed by atoms with Crippen molar-refractivity contribution in [2.24, 2.45) is 0 Å². The zero-order chi connectivity index (χ0) is 16.5. The minimum Gasteiger partial charge on any atom is -0.465 e. The van der Waals surface area contributed by atoms with Gasteiger partial charge in [0.2, 0.25) is 0 Å². The molecule has 0 radical (unpaired) electrons. The second kappa shape index (κ2) is 16.8. The first-order valence-corrected chi connectivity index (χ1v) is 9.62. The molecular weight excluding hydrogens is 274 g/mol. The molecule has 0 bridgehead atoms. The van der Waals surface area contributed by atoms with Crippen molar-refractivity contribution in [2.45, 2.75) is 91.4 Å². The first-order chi connectivity index (χ1) is 10.7. The Kier molecular flexibility index (Phi) is 16.4. The molecule has 132 valence electrons. The van der Waals surface area contributed by atoms with Crippen LogP contribution in [0.4, 0.5) is 0 Å². The third-order valence-electron chi connectivity index (χ3n) is 3.98. The van der Waals surface area contributed by atoms with Crippen molar-refractivity contribution in [1.29, 1.82) is 0 Å². The maximum Gasteiger partial charge on any atom is 0.320 e. The van der Waals surface area contributed by atoms with E-state index in [0.717, 1.165) is 19.5 Å². The largest absolute Gasteiger partial charge is 0.465 e. The summed E-state index contributed by atoms with van der Waals surface area (Å²) < 4.78 is 5.23. The van der Waals surface area contributed by atoms with E-state index in [1.807, 2.05) is 6.92 Å². The van der Waals surface area contributed by atoms with E-state index in [1.165, 1.54) is 64.2 Å². The number of carbonyl (C=O) groups is 1. The van der Waals surface area contributed by atoms with Gasteiger partial charge in [-0.15, -0.1) is 0 Å². The molecule has 0 aromatic heterocycles. The monoisotopic (exact) mass is 313 g/mol. The number of unbranched alkanes of at least 4 members (excludes halogenated alkanes) is 8. The minimum atomic E-state index is -0.0519. The fourth-order valence-electron chi connectivity index (χ4n) is 2.59. The molecule has 0 aliphatic carbocycles. The SMILES string of the molecule is CCCCCCCN(CCCCCCC)CC(=O)OCCC. The first kappa shape index (κ1) is 21.4. The summed E-state index contributed by atoms with van der Waals surface area (Å²) in [5.74, 6) is -0.0519. The van der Waals surface area contributed by atoms with Crippen molar-refractivity contribution in [3.8, 4) is 0 Å². The second-order valence-electron chi connectivity index (χ2n) is 6.33. The van der Waals surface area contributed by atoms with Crippen molar-refractivity contribution in [1.82, 2.24) is 4.90 Å². The zero-order valence-corrected chi connectivity index (χ0v) is 15.4. The molecule has 0 atom stereocenters. The van der Waals surface area contributed by atoms with Crippen LogP contribution in [0.3, 0.4) is 0 Å². The Balaban J connectivity index is 3.93. The minimum absolute atomic E-state index is 0.0519. The Bertz CT molecular complexity index is 230. The Morgan fingerprint density at radius 2 is 1.23 bits per heavy atom. The molecule has 3 nitrogen and oxygen atoms in total. The molecule has 0 aliphatic rings. The molecule has 0 heterocycles. The average molecular weight is 314 g/mol. The van der Waals surface area contributed by atoms with E-state index in [2.05, 4.69) is 18.7 Å². The van der Waals surface area contributed by atoms with Crippen molar-refractivity contribution >= 4 is 5.97 Å². The van der Waals surface area contributed by atoms with Crippen molar-refractivity contribution < 1.29 is 9.53 Å². The Labute approximate surface area is 138 Å². The second-order valence-corrected chi connectivity index (χ2v) is 6.33. The quantitative estimate of drug-likeness (QED) is 0.290. The van der Waals surface area contributed by atoms with Gasteiger partial charge < -0.3 is 4.74 Å². The molecule has 0 rings (SSSR count). The van der Waals surface area contributed by atoms with Gasteiger partial charge in [-0.2, -0.15) is 0 Å². The van der Waals surface area contributed by atoms with Crippen LogP contribution in [-0.4, -0.2) is 37.1 Å². The first-order valence-electron chi connectivity index (χ1n) is 9.62. The predicted molar refractivity (Wildman–Crippen MR) is 95.2 cm³/mol. The number of hydrogen-bond donors (Lipinski definition) is 0. The highest BCUT2D eigenvalue weighted by Gasteiger charge is 2.11. The lowest BCUT2D eigenvalue weighted by Crippen LogP contribution is -2.33. The summed E-state index contributed by atoms with van der Waals surface area (Å²) in [5.41, 5.74) is 0. The molecule has 0 unspecified atom stereocenters. The Hall–Kier alpha value is -0.570. The standard InChI is InChI=1S/C19H39NO2/c1-4-7-9-11-13-15-20(16-14-12-10-8-5-2)18-19(21)22-17-6-3/h4-18H2,1-3H3. The van der Waals surface area contributed by atoms with Gasteiger partial charge in [0, 0.05) is 0 Å². The molecule has 0 aromatic rings. The highest BCUT2D eigenvalue weighted by Crippen LogP contribution is 2.07. The Morgan fingerprint density at radius 3 is 1.68 bits per heavy atom. The number of ether oxygens (including phenoxy) is 1. The van der Waals surface area contributed by atoms with Gasteiger partial charge in [-0.25, -0.2) is 0 Å². The molecule has 0 aromatic carbocycles. The number of carbonyl (C=O) groups excluding carboxylic acids is 1. The smallest absolute Gasteiger partial charge is 0.320 e. The van der Waals surface area contributed by atoms with E-state index in [1.54, 1.807) is 0 Å². The van der Waals surface area contributed by atoms with E-state index >= 15 is 0 Å². The van der Waals surface area contributed by atoms with Gasteiger partial charge in [-0.05, 0) is 32.4 Å². The van der Waals surface area contributed by atoms with E-state index in [-0.39, 0.29) is 5.97 Å². The number of nitrogens with zero attached hydrogens (tertiary/aromatic N) is 1. The maximum absolute atomic E-state index is 11.8. The third kappa shape index (κ3) is 14.4. The molecular formula is C19H39NO2. The van der Waals surface area contributed by atoms with Crippen LogP contribution in [0.15, 0.2) is 0 Å². The van der Waals surface area contributed by atoms with E-state index < -0.39 is 0 Å². The molecule has 0 fully saturated rings. The molecule has 0 spiro atoms. The molecule has 0 saturated heterocycles. The van der Waals surface area contributed by atoms with Crippen molar-refractivity contribution in [3.05, 3.63) is 0 Å². The summed E-state index contributed by atoms with van der Waals surface area (Å²) in [7, 11) is 0. The summed E-state index contributed by atoms with van der Waals surface area (Å²) >= 11 is 0. The van der Waals surface area contributed by atoms with E-state index in [0.29, 0.717) is 13.2 Å². The summed E-state index contributed by atoms with van der Waals surface area (Å²) in [4.78, 5) is 14.1. The van der Waals surface area contributed by atoms with E-state index in [9.17, 15) is 4.79 Å². The normalized spacial score (nSPS) is 11.1. The number of hydrogen-bond acceptors (Lipinski definition) is 3. The summed E-state index contributed by atoms with van der Waals surface area (Å²) in [6, 6.07) is 0. The van der Waals surface area contributed by atoms with Crippen LogP contribution < -0.4 is 0 Å². The van der Waals surface area contributed by atoms with Crippen LogP contribution in [0.5, 0.6) is 0 Å². The number of esters is 1. The van der Waals surface area contributed by atoms with Gasteiger partial charge in [0.15, 0.2) is 0 Å². The molecule has 0 amide bonds. The van der Waals surface area contributed by atoms with Gasteiger partial charge in [-0.1, -0.05) is 72.1 Å². The maximum atomic E-state index is 11.8. The average Bonchev–Trinajstić information content (AvgIpc) is 2.52. The van der Waals surface area contributed by atoms with Crippen LogP contribution in [0.2, 0.25) is 0 Å². The highest BCUT2D eigenvalue weighted by molar-refractivity contribution is 5.71. The van der Waals surface area contributed by atoms with Gasteiger partial charge in [-0.3, -0.25) is 9.69 Å². The lowest BCUT2D eigenvalue weighted by atomic mass is 10.1. The molecule has 0 N–H and O–H groups in total. The zero-order valence-electron chi connectivity index (χ0n) is 15.4. The molecule has 3 heteroatoms. The summed E-state index contributed by atoms with van der Waals surface area (Å²) in [6.45, 7) is 9.63. The lowest BCUT2D eigenvalue weighted by molar-refractivity contribution is -0.145. The summed E-state index contributed by atoms with van der Waals surface area (Å²) in [5, 5.41) is 0. The van der Waals surface area contributed by atoms with Crippen LogP contribution in [0, 0.1) is 0 Å². The van der Waals surface area contributed by atoms with Crippen LogP contribution in [-0.2, 0) is 9.53 Å². The highest BCUT2D eigenvalue weighted by atomic mass is 16.5. The molecule has 0 saturated carbocycles. The molecule has 0 aliphatic heterocycles. The van der Waals surface area contributed by atoms with Crippen molar-refractivity contribution in [2.75, 3.05) is 26.2 Å². The third-order valence-corrected chi connectivity index (χ3v) is 3.98. The summed E-state index contributed by atoms with van der Waals surface area (Å²) in [6.07, 6.45) is 13.7. The fourth-order valence-corrected chi connectivity index (χ4v) is 2.59. The van der Waals surface area contributed by atoms with Gasteiger partial charge in [0.25, 0.3) is 0 Å². The van der Waals surface area contributed by atoms with Gasteiger partial charge in [0.05, 0.1) is 13.2 Å². The van der Waals surface area contributed by atoms with Gasteiger partial charge >= 0.3 is 5.97 Å².